The highest BCUT2D eigenvalue weighted by Gasteiger charge is 2.23. The number of carbonyl (C=O) groups excluding carboxylic acids is 1. The predicted octanol–water partition coefficient (Wildman–Crippen LogP) is 1.00. The molecule has 0 spiro atoms. The fourth-order valence-electron chi connectivity index (χ4n) is 3.28. The first-order valence-electron chi connectivity index (χ1n) is 8.75. The zero-order valence-corrected chi connectivity index (χ0v) is 14.8. The van der Waals surface area contributed by atoms with Crippen molar-refractivity contribution in [3.63, 3.8) is 0 Å². The fraction of sp³-hybridized carbons (Fsp3) is 0.625. The SMILES string of the molecule is O=C(c1cc(=O)nc2sc(N3CCOCC3)nn12)N1CCCCCC1. The molecule has 2 aromatic heterocycles. The van der Waals surface area contributed by atoms with Crippen LogP contribution in [0.1, 0.15) is 36.2 Å². The molecule has 0 aromatic carbocycles. The topological polar surface area (TPSA) is 80.0 Å². The Morgan fingerprint density at radius 2 is 1.80 bits per heavy atom. The number of anilines is 1. The highest BCUT2D eigenvalue weighted by atomic mass is 32.1. The third-order valence-corrected chi connectivity index (χ3v) is 5.61. The summed E-state index contributed by atoms with van der Waals surface area (Å²) in [7, 11) is 0. The Morgan fingerprint density at radius 1 is 1.08 bits per heavy atom. The molecule has 2 aromatic rings. The molecule has 25 heavy (non-hydrogen) atoms. The van der Waals surface area contributed by atoms with Gasteiger partial charge in [-0.1, -0.05) is 24.2 Å². The summed E-state index contributed by atoms with van der Waals surface area (Å²) in [6.07, 6.45) is 4.30. The van der Waals surface area contributed by atoms with Crippen molar-refractivity contribution in [2.45, 2.75) is 25.7 Å². The molecule has 1 amide bonds. The smallest absolute Gasteiger partial charge is 0.274 e. The average molecular weight is 363 g/mol. The van der Waals surface area contributed by atoms with Crippen LogP contribution in [-0.4, -0.2) is 64.8 Å². The van der Waals surface area contributed by atoms with Crippen LogP contribution in [-0.2, 0) is 4.74 Å². The van der Waals surface area contributed by atoms with Crippen molar-refractivity contribution in [1.82, 2.24) is 19.5 Å². The minimum Gasteiger partial charge on any atom is -0.378 e. The Bertz CT molecular complexity index is 819. The first-order valence-corrected chi connectivity index (χ1v) is 9.57. The molecular formula is C16H21N5O3S. The van der Waals surface area contributed by atoms with Crippen molar-refractivity contribution in [3.8, 4) is 0 Å². The van der Waals surface area contributed by atoms with E-state index < -0.39 is 5.56 Å². The van der Waals surface area contributed by atoms with Crippen LogP contribution in [0.5, 0.6) is 0 Å². The number of aromatic nitrogens is 3. The number of hydrogen-bond acceptors (Lipinski definition) is 7. The lowest BCUT2D eigenvalue weighted by Crippen LogP contribution is -2.36. The van der Waals surface area contributed by atoms with Gasteiger partial charge in [-0.3, -0.25) is 9.59 Å². The Hall–Kier alpha value is -2.00. The van der Waals surface area contributed by atoms with Crippen molar-refractivity contribution < 1.29 is 9.53 Å². The van der Waals surface area contributed by atoms with Gasteiger partial charge in [-0.15, -0.1) is 5.10 Å². The molecule has 0 N–H and O–H groups in total. The number of morpholine rings is 1. The number of nitrogens with zero attached hydrogens (tertiary/aromatic N) is 5. The van der Waals surface area contributed by atoms with Gasteiger partial charge in [-0.25, -0.2) is 0 Å². The number of likely N-dealkylation sites (tertiary alicyclic amines) is 1. The highest BCUT2D eigenvalue weighted by Crippen LogP contribution is 2.24. The van der Waals surface area contributed by atoms with E-state index in [0.29, 0.717) is 23.9 Å². The monoisotopic (exact) mass is 363 g/mol. The minimum absolute atomic E-state index is 0.129. The molecule has 2 aliphatic rings. The average Bonchev–Trinajstić information content (AvgIpc) is 2.87. The normalized spacial score (nSPS) is 19.2. The third kappa shape index (κ3) is 3.38. The Kier molecular flexibility index (Phi) is 4.67. The van der Waals surface area contributed by atoms with Crippen LogP contribution < -0.4 is 10.5 Å². The van der Waals surface area contributed by atoms with E-state index in [1.54, 1.807) is 0 Å². The van der Waals surface area contributed by atoms with Crippen molar-refractivity contribution in [3.05, 3.63) is 22.1 Å². The zero-order chi connectivity index (χ0) is 17.2. The number of fused-ring (bicyclic) bond motifs is 1. The van der Waals surface area contributed by atoms with Crippen molar-refractivity contribution >= 4 is 27.3 Å². The number of carbonyl (C=O) groups is 1. The van der Waals surface area contributed by atoms with E-state index in [4.69, 9.17) is 4.74 Å². The summed E-state index contributed by atoms with van der Waals surface area (Å²) in [6, 6.07) is 1.31. The second-order valence-corrected chi connectivity index (χ2v) is 7.30. The van der Waals surface area contributed by atoms with Gasteiger partial charge in [0.05, 0.1) is 13.2 Å². The van der Waals surface area contributed by atoms with E-state index in [0.717, 1.165) is 57.0 Å². The molecule has 0 aliphatic carbocycles. The second kappa shape index (κ2) is 7.09. The third-order valence-electron chi connectivity index (χ3n) is 4.64. The van der Waals surface area contributed by atoms with Gasteiger partial charge >= 0.3 is 0 Å². The lowest BCUT2D eigenvalue weighted by atomic mass is 10.2. The van der Waals surface area contributed by atoms with Crippen LogP contribution in [0.15, 0.2) is 10.9 Å². The van der Waals surface area contributed by atoms with Crippen molar-refractivity contribution in [2.24, 2.45) is 0 Å². The van der Waals surface area contributed by atoms with Gasteiger partial charge < -0.3 is 14.5 Å². The number of ether oxygens (including phenoxy) is 1. The van der Waals surface area contributed by atoms with Crippen LogP contribution in [0.2, 0.25) is 0 Å². The zero-order valence-electron chi connectivity index (χ0n) is 14.0. The summed E-state index contributed by atoms with van der Waals surface area (Å²) in [5, 5.41) is 5.34. The van der Waals surface area contributed by atoms with Crippen molar-refractivity contribution in [1.29, 1.82) is 0 Å². The second-order valence-electron chi connectivity index (χ2n) is 6.36. The quantitative estimate of drug-likeness (QED) is 0.792. The first kappa shape index (κ1) is 16.5. The first-order chi connectivity index (χ1) is 12.2. The molecule has 8 nitrogen and oxygen atoms in total. The predicted molar refractivity (Wildman–Crippen MR) is 94.5 cm³/mol. The van der Waals surface area contributed by atoms with Gasteiger partial charge in [-0.2, -0.15) is 9.50 Å². The van der Waals surface area contributed by atoms with Crippen LogP contribution in [0.4, 0.5) is 5.13 Å². The number of amides is 1. The van der Waals surface area contributed by atoms with E-state index in [1.165, 1.54) is 21.9 Å². The number of hydrogen-bond donors (Lipinski definition) is 0. The summed E-state index contributed by atoms with van der Waals surface area (Å²) in [6.45, 7) is 4.27. The molecule has 2 aliphatic heterocycles. The summed E-state index contributed by atoms with van der Waals surface area (Å²) < 4.78 is 6.90. The molecule has 9 heteroatoms. The van der Waals surface area contributed by atoms with Gasteiger partial charge in [-0.05, 0) is 12.8 Å². The van der Waals surface area contributed by atoms with Crippen LogP contribution in [0, 0.1) is 0 Å². The van der Waals surface area contributed by atoms with Crippen molar-refractivity contribution in [2.75, 3.05) is 44.3 Å². The van der Waals surface area contributed by atoms with E-state index in [1.807, 2.05) is 4.90 Å². The molecule has 2 saturated heterocycles. The summed E-state index contributed by atoms with van der Waals surface area (Å²) in [4.78, 5) is 33.4. The van der Waals surface area contributed by atoms with Gasteiger partial charge in [0.15, 0.2) is 0 Å². The van der Waals surface area contributed by atoms with Crippen LogP contribution in [0.25, 0.3) is 4.96 Å². The lowest BCUT2D eigenvalue weighted by Gasteiger charge is -2.25. The minimum atomic E-state index is -0.393. The van der Waals surface area contributed by atoms with E-state index in [-0.39, 0.29) is 5.91 Å². The molecular weight excluding hydrogens is 342 g/mol. The van der Waals surface area contributed by atoms with E-state index >= 15 is 0 Å². The largest absolute Gasteiger partial charge is 0.378 e. The molecule has 0 saturated carbocycles. The molecule has 0 bridgehead atoms. The summed E-state index contributed by atoms with van der Waals surface area (Å²) >= 11 is 1.34. The molecule has 0 unspecified atom stereocenters. The van der Waals surface area contributed by atoms with E-state index in [9.17, 15) is 9.59 Å². The lowest BCUT2D eigenvalue weighted by molar-refractivity contribution is 0.0752. The molecule has 2 fully saturated rings. The summed E-state index contributed by atoms with van der Waals surface area (Å²) in [5.74, 6) is -0.129. The van der Waals surface area contributed by atoms with Gasteiger partial charge in [0.2, 0.25) is 10.1 Å². The summed E-state index contributed by atoms with van der Waals surface area (Å²) in [5.41, 5.74) is -0.0805. The Morgan fingerprint density at radius 3 is 2.52 bits per heavy atom. The number of rotatable bonds is 2. The van der Waals surface area contributed by atoms with Gasteiger partial charge in [0.25, 0.3) is 11.5 Å². The molecule has 4 heterocycles. The van der Waals surface area contributed by atoms with Crippen LogP contribution >= 0.6 is 11.3 Å². The van der Waals surface area contributed by atoms with Gasteiger partial charge in [0, 0.05) is 32.2 Å². The Labute approximate surface area is 149 Å². The molecule has 0 atom stereocenters. The fourth-order valence-corrected chi connectivity index (χ4v) is 4.23. The molecule has 134 valence electrons. The highest BCUT2D eigenvalue weighted by molar-refractivity contribution is 7.20. The molecule has 0 radical (unpaired) electrons. The Balaban J connectivity index is 1.70. The van der Waals surface area contributed by atoms with E-state index in [2.05, 4.69) is 15.0 Å². The van der Waals surface area contributed by atoms with Gasteiger partial charge in [0.1, 0.15) is 5.69 Å². The van der Waals surface area contributed by atoms with Crippen LogP contribution in [0.3, 0.4) is 0 Å². The maximum atomic E-state index is 13.0. The standard InChI is InChI=1S/C16H21N5O3S/c22-13-11-12(14(23)19-5-3-1-2-4-6-19)21-15(17-13)25-16(18-21)20-7-9-24-10-8-20/h11H,1-10H2. The molecule has 4 rings (SSSR count). The maximum Gasteiger partial charge on any atom is 0.274 e. The maximum absolute atomic E-state index is 13.0.